The number of hydrogen-bond acceptors (Lipinski definition) is 2. The Morgan fingerprint density at radius 3 is 2.70 bits per heavy atom. The SMILES string of the molecule is CSC1(Cn2c(=S)[nH]c3c(F)cc(F)cc32)CCCC1. The Kier molecular flexibility index (Phi) is 3.62. The maximum Gasteiger partial charge on any atom is 0.178 e. The standard InChI is InChI=1S/C14H16F2N2S2/c1-20-14(4-2-3-5-14)8-18-11-7-9(15)6-10(16)12(11)17-13(18)19/h6-7H,2-5,8H2,1H3,(H,17,19). The zero-order chi connectivity index (χ0) is 14.3. The van der Waals surface area contributed by atoms with Crippen LogP contribution in [0, 0.1) is 16.4 Å². The Bertz CT molecular complexity index is 699. The molecule has 1 heterocycles. The summed E-state index contributed by atoms with van der Waals surface area (Å²) in [7, 11) is 0. The monoisotopic (exact) mass is 314 g/mol. The zero-order valence-corrected chi connectivity index (χ0v) is 12.8. The third-order valence-corrected chi connectivity index (χ3v) is 5.92. The van der Waals surface area contributed by atoms with E-state index in [-0.39, 0.29) is 4.75 Å². The average Bonchev–Trinajstić information content (AvgIpc) is 2.98. The van der Waals surface area contributed by atoms with Crippen LogP contribution in [-0.2, 0) is 6.54 Å². The second kappa shape index (κ2) is 5.15. The lowest BCUT2D eigenvalue weighted by atomic mass is 10.1. The van der Waals surface area contributed by atoms with Gasteiger partial charge in [-0.15, -0.1) is 0 Å². The van der Waals surface area contributed by atoms with Crippen LogP contribution in [0.1, 0.15) is 25.7 Å². The van der Waals surface area contributed by atoms with Crippen molar-refractivity contribution in [2.75, 3.05) is 6.26 Å². The molecule has 0 saturated heterocycles. The van der Waals surface area contributed by atoms with Gasteiger partial charge in [-0.2, -0.15) is 11.8 Å². The lowest BCUT2D eigenvalue weighted by Gasteiger charge is -2.27. The summed E-state index contributed by atoms with van der Waals surface area (Å²) in [5.41, 5.74) is 0.818. The second-order valence-corrected chi connectivity index (χ2v) is 7.05. The molecule has 6 heteroatoms. The number of nitrogens with one attached hydrogen (secondary N) is 1. The molecule has 1 aliphatic carbocycles. The molecule has 108 valence electrons. The molecule has 2 nitrogen and oxygen atoms in total. The Balaban J connectivity index is 2.11. The van der Waals surface area contributed by atoms with Crippen LogP contribution in [0.25, 0.3) is 11.0 Å². The van der Waals surface area contributed by atoms with Gasteiger partial charge in [-0.1, -0.05) is 12.8 Å². The van der Waals surface area contributed by atoms with Crippen molar-refractivity contribution in [1.82, 2.24) is 9.55 Å². The minimum Gasteiger partial charge on any atom is -0.328 e. The molecule has 1 aliphatic rings. The van der Waals surface area contributed by atoms with Crippen LogP contribution >= 0.6 is 24.0 Å². The molecule has 1 saturated carbocycles. The lowest BCUT2D eigenvalue weighted by Crippen LogP contribution is -2.26. The van der Waals surface area contributed by atoms with Gasteiger partial charge in [0.25, 0.3) is 0 Å². The van der Waals surface area contributed by atoms with E-state index in [9.17, 15) is 8.78 Å². The summed E-state index contributed by atoms with van der Waals surface area (Å²) >= 11 is 7.13. The first-order chi connectivity index (χ1) is 9.54. The molecular formula is C14H16F2N2S2. The van der Waals surface area contributed by atoms with Crippen molar-refractivity contribution in [3.63, 3.8) is 0 Å². The number of fused-ring (bicyclic) bond motifs is 1. The number of thioether (sulfide) groups is 1. The fraction of sp³-hybridized carbons (Fsp3) is 0.500. The first-order valence-electron chi connectivity index (χ1n) is 6.67. The molecule has 1 aromatic carbocycles. The maximum atomic E-state index is 13.8. The topological polar surface area (TPSA) is 20.7 Å². The van der Waals surface area contributed by atoms with Gasteiger partial charge >= 0.3 is 0 Å². The van der Waals surface area contributed by atoms with Gasteiger partial charge in [0, 0.05) is 17.4 Å². The van der Waals surface area contributed by atoms with Gasteiger partial charge in [-0.05, 0) is 37.4 Å². The molecule has 0 amide bonds. The van der Waals surface area contributed by atoms with Crippen molar-refractivity contribution in [1.29, 1.82) is 0 Å². The van der Waals surface area contributed by atoms with Crippen LogP contribution in [0.15, 0.2) is 12.1 Å². The fourth-order valence-electron chi connectivity index (χ4n) is 3.07. The van der Waals surface area contributed by atoms with Gasteiger partial charge in [0.2, 0.25) is 0 Å². The van der Waals surface area contributed by atoms with E-state index in [0.29, 0.717) is 22.3 Å². The number of aromatic amines is 1. The number of aromatic nitrogens is 2. The van der Waals surface area contributed by atoms with Gasteiger partial charge in [-0.25, -0.2) is 8.78 Å². The quantitative estimate of drug-likeness (QED) is 0.832. The van der Waals surface area contributed by atoms with Gasteiger partial charge in [0.15, 0.2) is 10.6 Å². The molecule has 1 N–H and O–H groups in total. The molecule has 0 bridgehead atoms. The van der Waals surface area contributed by atoms with Gasteiger partial charge < -0.3 is 9.55 Å². The van der Waals surface area contributed by atoms with Crippen molar-refractivity contribution >= 4 is 35.0 Å². The summed E-state index contributed by atoms with van der Waals surface area (Å²) in [6.07, 6.45) is 6.77. The Labute approximate surface area is 125 Å². The average molecular weight is 314 g/mol. The van der Waals surface area contributed by atoms with Gasteiger partial charge in [0.05, 0.1) is 5.52 Å². The van der Waals surface area contributed by atoms with E-state index in [1.807, 2.05) is 16.3 Å². The Morgan fingerprint density at radius 1 is 1.35 bits per heavy atom. The minimum atomic E-state index is -0.588. The smallest absolute Gasteiger partial charge is 0.178 e. The van der Waals surface area contributed by atoms with Crippen LogP contribution in [0.4, 0.5) is 8.78 Å². The van der Waals surface area contributed by atoms with Gasteiger partial charge in [0.1, 0.15) is 11.3 Å². The number of imidazole rings is 1. The van der Waals surface area contributed by atoms with Crippen molar-refractivity contribution in [2.24, 2.45) is 0 Å². The van der Waals surface area contributed by atoms with E-state index in [1.165, 1.54) is 18.9 Å². The Hall–Kier alpha value is -0.880. The number of hydrogen-bond donors (Lipinski definition) is 1. The first-order valence-corrected chi connectivity index (χ1v) is 8.31. The summed E-state index contributed by atoms with van der Waals surface area (Å²) in [6, 6.07) is 2.24. The molecule has 1 aromatic heterocycles. The number of benzene rings is 1. The summed E-state index contributed by atoms with van der Waals surface area (Å²) in [5, 5.41) is 0. The van der Waals surface area contributed by atoms with E-state index >= 15 is 0 Å². The van der Waals surface area contributed by atoms with Crippen LogP contribution < -0.4 is 0 Å². The highest BCUT2D eigenvalue weighted by Gasteiger charge is 2.34. The molecule has 20 heavy (non-hydrogen) atoms. The normalized spacial score (nSPS) is 17.9. The van der Waals surface area contributed by atoms with Crippen molar-refractivity contribution in [3.05, 3.63) is 28.5 Å². The largest absolute Gasteiger partial charge is 0.328 e. The predicted molar refractivity (Wildman–Crippen MR) is 81.8 cm³/mol. The molecule has 2 aromatic rings. The summed E-state index contributed by atoms with van der Waals surface area (Å²) < 4.78 is 29.7. The number of nitrogens with zero attached hydrogens (tertiary/aromatic N) is 1. The van der Waals surface area contributed by atoms with Crippen LogP contribution in [-0.4, -0.2) is 20.6 Å². The molecule has 0 unspecified atom stereocenters. The molecule has 0 spiro atoms. The molecule has 0 aliphatic heterocycles. The number of H-pyrrole nitrogens is 1. The molecule has 0 radical (unpaired) electrons. The zero-order valence-electron chi connectivity index (χ0n) is 11.2. The molecule has 0 atom stereocenters. The van der Waals surface area contributed by atoms with E-state index < -0.39 is 11.6 Å². The first kappa shape index (κ1) is 14.1. The molecule has 1 fully saturated rings. The van der Waals surface area contributed by atoms with Crippen molar-refractivity contribution in [3.8, 4) is 0 Å². The van der Waals surface area contributed by atoms with Crippen LogP contribution in [0.3, 0.4) is 0 Å². The van der Waals surface area contributed by atoms with Crippen molar-refractivity contribution < 1.29 is 8.78 Å². The van der Waals surface area contributed by atoms with E-state index in [2.05, 4.69) is 11.2 Å². The summed E-state index contributed by atoms with van der Waals surface area (Å²) in [6.45, 7) is 0.704. The summed E-state index contributed by atoms with van der Waals surface area (Å²) in [4.78, 5) is 2.86. The summed E-state index contributed by atoms with van der Waals surface area (Å²) in [5.74, 6) is -1.16. The van der Waals surface area contributed by atoms with E-state index in [0.717, 1.165) is 18.9 Å². The Morgan fingerprint density at radius 2 is 2.05 bits per heavy atom. The maximum absolute atomic E-state index is 13.8. The number of halogens is 2. The second-order valence-electron chi connectivity index (χ2n) is 5.39. The predicted octanol–water partition coefficient (Wildman–Crippen LogP) is 4.65. The highest BCUT2D eigenvalue weighted by atomic mass is 32.2. The van der Waals surface area contributed by atoms with E-state index in [1.54, 1.807) is 0 Å². The lowest BCUT2D eigenvalue weighted by molar-refractivity contribution is 0.509. The third kappa shape index (κ3) is 2.29. The highest BCUT2D eigenvalue weighted by molar-refractivity contribution is 8.00. The molecule has 3 rings (SSSR count). The van der Waals surface area contributed by atoms with Crippen molar-refractivity contribution in [2.45, 2.75) is 37.0 Å². The number of rotatable bonds is 3. The molecular weight excluding hydrogens is 298 g/mol. The van der Waals surface area contributed by atoms with Crippen LogP contribution in [0.5, 0.6) is 0 Å². The van der Waals surface area contributed by atoms with Crippen LogP contribution in [0.2, 0.25) is 0 Å². The fourth-order valence-corrected chi connectivity index (χ4v) is 4.29. The highest BCUT2D eigenvalue weighted by Crippen LogP contribution is 2.42. The third-order valence-electron chi connectivity index (χ3n) is 4.20. The van der Waals surface area contributed by atoms with E-state index in [4.69, 9.17) is 12.2 Å². The minimum absolute atomic E-state index is 0.135. The van der Waals surface area contributed by atoms with Gasteiger partial charge in [-0.3, -0.25) is 0 Å².